The second kappa shape index (κ2) is 6.35. The van der Waals surface area contributed by atoms with Gasteiger partial charge in [-0.15, -0.1) is 0 Å². The van der Waals surface area contributed by atoms with Crippen molar-refractivity contribution in [3.63, 3.8) is 0 Å². The van der Waals surface area contributed by atoms with Gasteiger partial charge in [-0.2, -0.15) is 0 Å². The van der Waals surface area contributed by atoms with Gasteiger partial charge in [-0.1, -0.05) is 13.3 Å². The van der Waals surface area contributed by atoms with E-state index in [1.165, 1.54) is 19.1 Å². The highest BCUT2D eigenvalue weighted by Crippen LogP contribution is 2.27. The second-order valence-electron chi connectivity index (χ2n) is 4.09. The zero-order valence-corrected chi connectivity index (χ0v) is 10.4. The molecule has 1 aromatic rings. The number of aliphatic carboxylic acids is 1. The van der Waals surface area contributed by atoms with Gasteiger partial charge in [0, 0.05) is 5.56 Å². The fourth-order valence-corrected chi connectivity index (χ4v) is 1.60. The molecule has 0 saturated heterocycles. The lowest BCUT2D eigenvalue weighted by Gasteiger charge is -2.18. The van der Waals surface area contributed by atoms with Crippen LogP contribution < -0.4 is 4.74 Å². The normalized spacial score (nSPS) is 14.0. The summed E-state index contributed by atoms with van der Waals surface area (Å²) < 4.78 is 18.4. The van der Waals surface area contributed by atoms with Crippen molar-refractivity contribution in [2.24, 2.45) is 0 Å². The second-order valence-corrected chi connectivity index (χ2v) is 4.09. The van der Waals surface area contributed by atoms with Crippen LogP contribution in [-0.2, 0) is 4.79 Å². The predicted octanol–water partition coefficient (Wildman–Crippen LogP) is 2.51. The van der Waals surface area contributed by atoms with Gasteiger partial charge in [0.05, 0.1) is 6.10 Å². The lowest BCUT2D eigenvalue weighted by atomic mass is 10.1. The summed E-state index contributed by atoms with van der Waals surface area (Å²) in [6.07, 6.45) is -0.904. The van der Waals surface area contributed by atoms with Gasteiger partial charge in [-0.05, 0) is 31.5 Å². The molecule has 0 aliphatic heterocycles. The summed E-state index contributed by atoms with van der Waals surface area (Å²) in [5, 5.41) is 18.5. The van der Waals surface area contributed by atoms with Crippen molar-refractivity contribution < 1.29 is 24.1 Å². The van der Waals surface area contributed by atoms with Crippen LogP contribution in [0, 0.1) is 5.82 Å². The number of benzene rings is 1. The minimum absolute atomic E-state index is 0.201. The van der Waals surface area contributed by atoms with E-state index in [2.05, 4.69) is 0 Å². The number of halogens is 1. The van der Waals surface area contributed by atoms with Crippen LogP contribution in [0.2, 0.25) is 0 Å². The average molecular weight is 256 g/mol. The van der Waals surface area contributed by atoms with Crippen LogP contribution in [0.3, 0.4) is 0 Å². The number of aliphatic hydroxyl groups is 1. The fraction of sp³-hybridized carbons (Fsp3) is 0.462. The molecule has 1 unspecified atom stereocenters. The van der Waals surface area contributed by atoms with E-state index in [4.69, 9.17) is 9.84 Å². The minimum atomic E-state index is -1.07. The van der Waals surface area contributed by atoms with Crippen LogP contribution in [0.15, 0.2) is 18.2 Å². The van der Waals surface area contributed by atoms with Gasteiger partial charge in [0.15, 0.2) is 6.10 Å². The highest BCUT2D eigenvalue weighted by molar-refractivity contribution is 5.72. The molecular formula is C13H17FO4. The number of carboxylic acid groups (broad SMARTS) is 1. The Balaban J connectivity index is 2.98. The maximum Gasteiger partial charge on any atom is 0.344 e. The van der Waals surface area contributed by atoms with Crippen molar-refractivity contribution in [2.75, 3.05) is 0 Å². The molecule has 1 rings (SSSR count). The Bertz CT molecular complexity index is 417. The summed E-state index contributed by atoms with van der Waals surface area (Å²) >= 11 is 0. The van der Waals surface area contributed by atoms with E-state index in [0.29, 0.717) is 12.8 Å². The van der Waals surface area contributed by atoms with Crippen LogP contribution in [0.25, 0.3) is 0 Å². The molecule has 2 atom stereocenters. The summed E-state index contributed by atoms with van der Waals surface area (Å²) in [6.45, 7) is 3.32. The molecule has 0 amide bonds. The Hall–Kier alpha value is -1.62. The molecule has 0 aliphatic rings. The Kier molecular flexibility index (Phi) is 5.09. The third-order valence-electron chi connectivity index (χ3n) is 2.52. The summed E-state index contributed by atoms with van der Waals surface area (Å²) in [6, 6.07) is 3.65. The molecule has 0 aliphatic carbocycles. The lowest BCUT2D eigenvalue weighted by molar-refractivity contribution is -0.145. The van der Waals surface area contributed by atoms with E-state index < -0.39 is 24.0 Å². The topological polar surface area (TPSA) is 66.8 Å². The Morgan fingerprint density at radius 2 is 2.17 bits per heavy atom. The molecule has 0 saturated carbocycles. The monoisotopic (exact) mass is 256 g/mol. The summed E-state index contributed by atoms with van der Waals surface area (Å²) in [7, 11) is 0. The molecule has 100 valence electrons. The summed E-state index contributed by atoms with van der Waals surface area (Å²) in [5.41, 5.74) is 0.248. The summed E-state index contributed by atoms with van der Waals surface area (Å²) in [4.78, 5) is 11.0. The zero-order valence-electron chi connectivity index (χ0n) is 10.4. The molecule has 1 aromatic carbocycles. The molecule has 2 N–H and O–H groups in total. The molecule has 18 heavy (non-hydrogen) atoms. The van der Waals surface area contributed by atoms with Crippen molar-refractivity contribution in [1.82, 2.24) is 0 Å². The van der Waals surface area contributed by atoms with Crippen LogP contribution >= 0.6 is 0 Å². The third-order valence-corrected chi connectivity index (χ3v) is 2.52. The fourth-order valence-electron chi connectivity index (χ4n) is 1.60. The molecule has 0 bridgehead atoms. The van der Waals surface area contributed by atoms with Gasteiger partial charge in [0.2, 0.25) is 0 Å². The molecule has 0 radical (unpaired) electrons. The maximum atomic E-state index is 13.1. The van der Waals surface area contributed by atoms with Crippen LogP contribution in [0.4, 0.5) is 4.39 Å². The maximum absolute atomic E-state index is 13.1. The van der Waals surface area contributed by atoms with E-state index in [1.54, 1.807) is 0 Å². The van der Waals surface area contributed by atoms with Gasteiger partial charge in [0.1, 0.15) is 11.6 Å². The first kappa shape index (κ1) is 14.4. The zero-order chi connectivity index (χ0) is 13.7. The van der Waals surface area contributed by atoms with Gasteiger partial charge < -0.3 is 14.9 Å². The molecular weight excluding hydrogens is 239 g/mol. The number of hydrogen-bond acceptors (Lipinski definition) is 3. The number of hydrogen-bond donors (Lipinski definition) is 2. The van der Waals surface area contributed by atoms with Gasteiger partial charge in [-0.25, -0.2) is 9.18 Å². The summed E-state index contributed by atoms with van der Waals surface area (Å²) in [5.74, 6) is -1.37. The number of carbonyl (C=O) groups is 1. The third kappa shape index (κ3) is 3.70. The first-order chi connectivity index (χ1) is 8.45. The first-order valence-corrected chi connectivity index (χ1v) is 5.82. The first-order valence-electron chi connectivity index (χ1n) is 5.82. The quantitative estimate of drug-likeness (QED) is 0.820. The Labute approximate surface area is 105 Å². The lowest BCUT2D eigenvalue weighted by Crippen LogP contribution is -2.27. The largest absolute Gasteiger partial charge is 0.479 e. The number of ether oxygens (including phenoxy) is 1. The van der Waals surface area contributed by atoms with Crippen LogP contribution in [0.1, 0.15) is 38.4 Å². The van der Waals surface area contributed by atoms with Crippen LogP contribution in [0.5, 0.6) is 5.75 Å². The van der Waals surface area contributed by atoms with Gasteiger partial charge in [0.25, 0.3) is 0 Å². The van der Waals surface area contributed by atoms with Crippen molar-refractivity contribution >= 4 is 5.97 Å². The number of rotatable bonds is 6. The van der Waals surface area contributed by atoms with Crippen molar-refractivity contribution in [3.8, 4) is 5.75 Å². The van der Waals surface area contributed by atoms with Crippen molar-refractivity contribution in [3.05, 3.63) is 29.6 Å². The SMILES string of the molecule is CCCC(Oc1ccc(F)cc1[C@H](C)O)C(=O)O. The van der Waals surface area contributed by atoms with E-state index in [0.717, 1.165) is 6.07 Å². The van der Waals surface area contributed by atoms with Gasteiger partial charge >= 0.3 is 5.97 Å². The van der Waals surface area contributed by atoms with E-state index in [1.807, 2.05) is 6.92 Å². The highest BCUT2D eigenvalue weighted by atomic mass is 19.1. The Morgan fingerprint density at radius 1 is 1.50 bits per heavy atom. The van der Waals surface area contributed by atoms with Crippen molar-refractivity contribution in [1.29, 1.82) is 0 Å². The minimum Gasteiger partial charge on any atom is -0.479 e. The average Bonchev–Trinajstić information content (AvgIpc) is 2.30. The van der Waals surface area contributed by atoms with Gasteiger partial charge in [-0.3, -0.25) is 0 Å². The number of carboxylic acids is 1. The molecule has 0 aromatic heterocycles. The Morgan fingerprint density at radius 3 is 2.67 bits per heavy atom. The molecule has 0 spiro atoms. The molecule has 0 heterocycles. The highest BCUT2D eigenvalue weighted by Gasteiger charge is 2.21. The smallest absolute Gasteiger partial charge is 0.344 e. The molecule has 5 heteroatoms. The van der Waals surface area contributed by atoms with E-state index >= 15 is 0 Å². The van der Waals surface area contributed by atoms with E-state index in [9.17, 15) is 14.3 Å². The van der Waals surface area contributed by atoms with Crippen LogP contribution in [-0.4, -0.2) is 22.3 Å². The predicted molar refractivity (Wildman–Crippen MR) is 64.0 cm³/mol. The molecule has 0 fully saturated rings. The standard InChI is InChI=1S/C13H17FO4/c1-3-4-12(13(16)17)18-11-6-5-9(14)7-10(11)8(2)15/h5-8,12,15H,3-4H2,1-2H3,(H,16,17)/t8-,12?/m0/s1. The molecule has 4 nitrogen and oxygen atoms in total. The number of aliphatic hydroxyl groups excluding tert-OH is 1. The van der Waals surface area contributed by atoms with E-state index in [-0.39, 0.29) is 11.3 Å². The van der Waals surface area contributed by atoms with Crippen molar-refractivity contribution in [2.45, 2.75) is 38.9 Å².